The van der Waals surface area contributed by atoms with Crippen LogP contribution in [0.15, 0.2) is 24.3 Å². The number of carboxylic acids is 1. The first kappa shape index (κ1) is 38.7. The Bertz CT molecular complexity index is 1410. The van der Waals surface area contributed by atoms with Gasteiger partial charge < -0.3 is 47.2 Å². The van der Waals surface area contributed by atoms with E-state index in [1.165, 1.54) is 26.0 Å². The minimum atomic E-state index is -1.71. The largest absolute Gasteiger partial charge is 0.508 e. The van der Waals surface area contributed by atoms with Crippen molar-refractivity contribution in [1.29, 1.82) is 0 Å². The summed E-state index contributed by atoms with van der Waals surface area (Å²) in [4.78, 5) is 93.9. The number of aliphatic carboxylic acids is 1. The van der Waals surface area contributed by atoms with E-state index in [4.69, 9.17) is 0 Å². The third kappa shape index (κ3) is 11.1. The number of amides is 6. The molecule has 9 N–H and O–H groups in total. The summed E-state index contributed by atoms with van der Waals surface area (Å²) < 4.78 is 0. The summed E-state index contributed by atoms with van der Waals surface area (Å²) in [6.45, 7) is 7.75. The van der Waals surface area contributed by atoms with Crippen LogP contribution in [0.5, 0.6) is 5.75 Å². The van der Waals surface area contributed by atoms with E-state index >= 15 is 0 Å². The zero-order valence-electron chi connectivity index (χ0n) is 28.2. The van der Waals surface area contributed by atoms with E-state index in [1.54, 1.807) is 37.8 Å². The number of nitrogens with zero attached hydrogens (tertiary/aromatic N) is 1. The smallest absolute Gasteiger partial charge is 0.305 e. The lowest BCUT2D eigenvalue weighted by Crippen LogP contribution is -2.63. The van der Waals surface area contributed by atoms with Gasteiger partial charge in [0.1, 0.15) is 36.0 Å². The van der Waals surface area contributed by atoms with E-state index in [-0.39, 0.29) is 25.3 Å². The van der Waals surface area contributed by atoms with Crippen LogP contribution in [-0.4, -0.2) is 123 Å². The molecule has 0 unspecified atom stereocenters. The van der Waals surface area contributed by atoms with E-state index < -0.39 is 95.7 Å². The van der Waals surface area contributed by atoms with Gasteiger partial charge in [0.15, 0.2) is 0 Å². The normalized spacial score (nSPS) is 27.2. The van der Waals surface area contributed by atoms with Crippen LogP contribution in [0.25, 0.3) is 0 Å². The quantitative estimate of drug-likeness (QED) is 0.153. The first-order valence-electron chi connectivity index (χ1n) is 16.1. The van der Waals surface area contributed by atoms with E-state index in [0.29, 0.717) is 18.4 Å². The van der Waals surface area contributed by atoms with Crippen molar-refractivity contribution in [1.82, 2.24) is 36.8 Å². The summed E-state index contributed by atoms with van der Waals surface area (Å²) in [5.41, 5.74) is -0.120. The summed E-state index contributed by atoms with van der Waals surface area (Å²) in [6, 6.07) is -1.92. The Balaban J connectivity index is 2.05. The number of carboxylic acid groups (broad SMARTS) is 1. The molecule has 0 bridgehead atoms. The fourth-order valence-corrected chi connectivity index (χ4v) is 5.63. The molecule has 270 valence electrons. The van der Waals surface area contributed by atoms with Crippen molar-refractivity contribution >= 4 is 41.4 Å². The lowest BCUT2D eigenvalue weighted by atomic mass is 10.0. The Labute approximate surface area is 283 Å². The predicted octanol–water partition coefficient (Wildman–Crippen LogP) is -2.37. The van der Waals surface area contributed by atoms with Gasteiger partial charge in [0.05, 0.1) is 18.6 Å². The van der Waals surface area contributed by atoms with Gasteiger partial charge in [-0.05, 0) is 71.7 Å². The maximum absolute atomic E-state index is 13.9. The molecule has 1 aromatic rings. The molecule has 1 aromatic carbocycles. The number of phenols is 1. The Morgan fingerprint density at radius 3 is 2.12 bits per heavy atom. The van der Waals surface area contributed by atoms with Gasteiger partial charge in [-0.1, -0.05) is 12.1 Å². The average Bonchev–Trinajstić information content (AvgIpc) is 3.48. The standard InChI is InChI=1S/C32H47N7O10/c1-16-26(44)35-21(14-24(42)43)28(46)37-25(17(2)40)31(49)33-15-23(30(48)38-32(3,4)5)39-12-6-7-22(39)29(47)36-20(27(45)34-16)13-18-8-10-19(41)11-9-18/h8-11,16-17,20-23,25,40-41H,6-7,12-15H2,1-5H3,(H,33,49)(H,34,45)(H,35,44)(H,36,47)(H,37,46)(H,38,48)(H,42,43)/t16-,17+,20-,21-,22-,23-,25-/m0/s1. The van der Waals surface area contributed by atoms with Crippen molar-refractivity contribution in [3.8, 4) is 5.75 Å². The molecule has 0 spiro atoms. The molecule has 7 atom stereocenters. The van der Waals surface area contributed by atoms with Crippen LogP contribution in [0, 0.1) is 0 Å². The van der Waals surface area contributed by atoms with Crippen molar-refractivity contribution in [2.24, 2.45) is 0 Å². The number of carbonyl (C=O) groups excluding carboxylic acids is 6. The second kappa shape index (κ2) is 16.6. The molecule has 2 aliphatic rings. The molecule has 0 saturated carbocycles. The summed E-state index contributed by atoms with van der Waals surface area (Å²) >= 11 is 0. The highest BCUT2D eigenvalue weighted by Gasteiger charge is 2.41. The first-order chi connectivity index (χ1) is 22.9. The third-order valence-corrected chi connectivity index (χ3v) is 8.10. The number of phenolic OH excluding ortho intramolecular Hbond substituents is 1. The minimum absolute atomic E-state index is 0.0137. The number of aliphatic hydroxyl groups is 1. The molecule has 3 rings (SSSR count). The third-order valence-electron chi connectivity index (χ3n) is 8.10. The van der Waals surface area contributed by atoms with E-state index in [9.17, 15) is 48.9 Å². The van der Waals surface area contributed by atoms with Gasteiger partial charge in [0.2, 0.25) is 35.4 Å². The molecule has 49 heavy (non-hydrogen) atoms. The fraction of sp³-hybridized carbons (Fsp3) is 0.594. The van der Waals surface area contributed by atoms with Gasteiger partial charge in [-0.15, -0.1) is 0 Å². The number of hydrogen-bond acceptors (Lipinski definition) is 10. The van der Waals surface area contributed by atoms with Crippen LogP contribution in [0.1, 0.15) is 59.4 Å². The molecular weight excluding hydrogens is 642 g/mol. The van der Waals surface area contributed by atoms with Crippen LogP contribution < -0.4 is 31.9 Å². The average molecular weight is 690 g/mol. The molecule has 2 heterocycles. The van der Waals surface area contributed by atoms with Gasteiger partial charge in [-0.3, -0.25) is 38.5 Å². The minimum Gasteiger partial charge on any atom is -0.508 e. The van der Waals surface area contributed by atoms with Crippen LogP contribution in [0.2, 0.25) is 0 Å². The first-order valence-corrected chi connectivity index (χ1v) is 16.1. The Morgan fingerprint density at radius 2 is 1.53 bits per heavy atom. The number of rotatable bonds is 6. The van der Waals surface area contributed by atoms with Crippen molar-refractivity contribution in [2.45, 2.75) is 108 Å². The van der Waals surface area contributed by atoms with Gasteiger partial charge in [-0.2, -0.15) is 0 Å². The maximum Gasteiger partial charge on any atom is 0.305 e. The number of nitrogens with one attached hydrogen (secondary N) is 6. The van der Waals surface area contributed by atoms with Crippen molar-refractivity contribution in [2.75, 3.05) is 13.1 Å². The topological polar surface area (TPSA) is 256 Å². The van der Waals surface area contributed by atoms with E-state index in [0.717, 1.165) is 0 Å². The van der Waals surface area contributed by atoms with Gasteiger partial charge in [0, 0.05) is 18.5 Å². The van der Waals surface area contributed by atoms with Crippen molar-refractivity contribution in [3.63, 3.8) is 0 Å². The molecule has 17 heteroatoms. The molecule has 2 aliphatic heterocycles. The zero-order chi connectivity index (χ0) is 36.6. The number of fused-ring (bicyclic) bond motifs is 1. The summed E-state index contributed by atoms with van der Waals surface area (Å²) in [7, 11) is 0. The van der Waals surface area contributed by atoms with Crippen molar-refractivity contribution in [3.05, 3.63) is 29.8 Å². The summed E-state index contributed by atoms with van der Waals surface area (Å²) in [5.74, 6) is -6.23. The predicted molar refractivity (Wildman–Crippen MR) is 174 cm³/mol. The van der Waals surface area contributed by atoms with Crippen molar-refractivity contribution < 1.29 is 48.9 Å². The number of hydrogen-bond donors (Lipinski definition) is 9. The number of aliphatic hydroxyl groups excluding tert-OH is 1. The SMILES string of the molecule is C[C@@H]1NC(=O)[C@H](Cc2ccc(O)cc2)NC(=O)[C@@H]2CCCN2[C@H](C(=O)NC(C)(C)C)CNC(=O)[C@H]([C@@H](C)O)NC(=O)[C@H](CC(=O)O)NC1=O. The fourth-order valence-electron chi connectivity index (χ4n) is 5.63. The lowest BCUT2D eigenvalue weighted by Gasteiger charge is -2.35. The second-order valence-electron chi connectivity index (χ2n) is 13.4. The molecule has 0 aliphatic carbocycles. The number of benzene rings is 1. The monoisotopic (exact) mass is 689 g/mol. The van der Waals surface area contributed by atoms with Gasteiger partial charge in [-0.25, -0.2) is 0 Å². The Morgan fingerprint density at radius 1 is 0.918 bits per heavy atom. The van der Waals surface area contributed by atoms with Crippen LogP contribution in [0.4, 0.5) is 0 Å². The maximum atomic E-state index is 13.9. The van der Waals surface area contributed by atoms with Gasteiger partial charge >= 0.3 is 5.97 Å². The Hall–Kier alpha value is -4.77. The number of aromatic hydroxyl groups is 1. The molecule has 0 aromatic heterocycles. The van der Waals surface area contributed by atoms with E-state index in [2.05, 4.69) is 31.9 Å². The van der Waals surface area contributed by atoms with Crippen LogP contribution >= 0.6 is 0 Å². The summed E-state index contributed by atoms with van der Waals surface area (Å²) in [6.07, 6.45) is -1.59. The highest BCUT2D eigenvalue weighted by molar-refractivity contribution is 5.97. The lowest BCUT2D eigenvalue weighted by molar-refractivity contribution is -0.141. The highest BCUT2D eigenvalue weighted by Crippen LogP contribution is 2.22. The number of carbonyl (C=O) groups is 7. The zero-order valence-corrected chi connectivity index (χ0v) is 28.2. The Kier molecular flexibility index (Phi) is 13.1. The van der Waals surface area contributed by atoms with Gasteiger partial charge in [0.25, 0.3) is 0 Å². The molecular formula is C32H47N7O10. The molecule has 2 saturated heterocycles. The molecule has 0 radical (unpaired) electrons. The second-order valence-corrected chi connectivity index (χ2v) is 13.4. The summed E-state index contributed by atoms with van der Waals surface area (Å²) in [5, 5.41) is 44.8. The highest BCUT2D eigenvalue weighted by atomic mass is 16.4. The molecule has 2 fully saturated rings. The molecule has 17 nitrogen and oxygen atoms in total. The van der Waals surface area contributed by atoms with E-state index in [1.807, 2.05) is 0 Å². The molecule has 6 amide bonds. The van der Waals surface area contributed by atoms with Crippen LogP contribution in [-0.2, 0) is 40.0 Å². The van der Waals surface area contributed by atoms with Crippen LogP contribution in [0.3, 0.4) is 0 Å².